The van der Waals surface area contributed by atoms with Crippen LogP contribution in [0, 0.1) is 0 Å². The first kappa shape index (κ1) is 20.5. The number of alkyl halides is 3. The Labute approximate surface area is 161 Å². The summed E-state index contributed by atoms with van der Waals surface area (Å²) >= 11 is 0. The van der Waals surface area contributed by atoms with Gasteiger partial charge in [-0.05, 0) is 24.3 Å². The Kier molecular flexibility index (Phi) is 5.15. The molecule has 12 heteroatoms. The number of amides is 2. The molecule has 2 amide bonds. The monoisotopic (exact) mass is 428 g/mol. The van der Waals surface area contributed by atoms with E-state index in [-0.39, 0.29) is 16.2 Å². The lowest BCUT2D eigenvalue weighted by atomic mass is 10.1. The van der Waals surface area contributed by atoms with Gasteiger partial charge in [0.2, 0.25) is 10.0 Å². The quantitative estimate of drug-likeness (QED) is 0.727. The number of nitrogens with zero attached hydrogens (tertiary/aromatic N) is 1. The van der Waals surface area contributed by atoms with E-state index < -0.39 is 51.0 Å². The maximum absolute atomic E-state index is 13.0. The van der Waals surface area contributed by atoms with E-state index in [1.807, 2.05) is 0 Å². The minimum absolute atomic E-state index is 0.00927. The van der Waals surface area contributed by atoms with Gasteiger partial charge in [0, 0.05) is 0 Å². The number of rotatable bonds is 5. The van der Waals surface area contributed by atoms with Gasteiger partial charge >= 0.3 is 12.1 Å². The van der Waals surface area contributed by atoms with Crippen molar-refractivity contribution in [2.24, 2.45) is 0 Å². The number of hydrogen-bond donors (Lipinski definition) is 1. The molecule has 1 aliphatic rings. The van der Waals surface area contributed by atoms with Crippen LogP contribution < -0.4 is 4.72 Å². The van der Waals surface area contributed by atoms with Crippen LogP contribution in [0.15, 0.2) is 53.4 Å². The van der Waals surface area contributed by atoms with Gasteiger partial charge in [-0.25, -0.2) is 13.2 Å². The standard InChI is InChI=1S/C17H11F3N2O6S/c18-17(19,20)12-7-3-4-8-13(12)29(26,27)21-9-14(23)28-22-15(24)10-5-1-2-6-11(10)16(22)25/h1-8,21H,9H2. The van der Waals surface area contributed by atoms with Crippen molar-refractivity contribution in [3.63, 3.8) is 0 Å². The molecule has 1 aliphatic heterocycles. The lowest BCUT2D eigenvalue weighted by Crippen LogP contribution is -2.38. The first-order valence-corrected chi connectivity index (χ1v) is 9.35. The van der Waals surface area contributed by atoms with Crippen LogP contribution in [-0.4, -0.2) is 37.8 Å². The van der Waals surface area contributed by atoms with Crippen LogP contribution in [0.2, 0.25) is 0 Å². The molecular formula is C17H11F3N2O6S. The van der Waals surface area contributed by atoms with Gasteiger partial charge in [0.1, 0.15) is 6.54 Å². The zero-order valence-electron chi connectivity index (χ0n) is 14.3. The number of benzene rings is 2. The average molecular weight is 428 g/mol. The maximum atomic E-state index is 13.0. The fourth-order valence-electron chi connectivity index (χ4n) is 2.55. The van der Waals surface area contributed by atoms with Crippen LogP contribution in [0.3, 0.4) is 0 Å². The van der Waals surface area contributed by atoms with Crippen LogP contribution in [0.5, 0.6) is 0 Å². The smallest absolute Gasteiger partial charge is 0.328 e. The number of carbonyl (C=O) groups is 3. The summed E-state index contributed by atoms with van der Waals surface area (Å²) in [7, 11) is -4.74. The number of carbonyl (C=O) groups excluding carboxylic acids is 3. The van der Waals surface area contributed by atoms with Crippen molar-refractivity contribution < 1.29 is 40.8 Å². The van der Waals surface area contributed by atoms with Gasteiger partial charge in [0.05, 0.1) is 21.6 Å². The molecule has 0 saturated carbocycles. The first-order valence-electron chi connectivity index (χ1n) is 7.87. The molecule has 0 radical (unpaired) electrons. The predicted molar refractivity (Wildman–Crippen MR) is 89.7 cm³/mol. The molecule has 0 spiro atoms. The number of nitrogens with one attached hydrogen (secondary N) is 1. The Morgan fingerprint density at radius 3 is 2.03 bits per heavy atom. The van der Waals surface area contributed by atoms with Gasteiger partial charge < -0.3 is 4.84 Å². The van der Waals surface area contributed by atoms with E-state index in [4.69, 9.17) is 0 Å². The third kappa shape index (κ3) is 3.98. The van der Waals surface area contributed by atoms with Crippen LogP contribution in [0.1, 0.15) is 26.3 Å². The molecule has 0 saturated heterocycles. The van der Waals surface area contributed by atoms with Gasteiger partial charge in [-0.15, -0.1) is 0 Å². The summed E-state index contributed by atoms with van der Waals surface area (Å²) in [6.07, 6.45) is -4.94. The van der Waals surface area contributed by atoms with Crippen LogP contribution in [0.4, 0.5) is 13.2 Å². The predicted octanol–water partition coefficient (Wildman–Crippen LogP) is 1.74. The highest BCUT2D eigenvalue weighted by molar-refractivity contribution is 7.89. The third-order valence-corrected chi connectivity index (χ3v) is 5.30. The van der Waals surface area contributed by atoms with Crippen molar-refractivity contribution in [2.75, 3.05) is 6.54 Å². The fourth-order valence-corrected chi connectivity index (χ4v) is 3.75. The molecule has 8 nitrogen and oxygen atoms in total. The van der Waals surface area contributed by atoms with E-state index in [1.165, 1.54) is 24.3 Å². The molecule has 0 aliphatic carbocycles. The van der Waals surface area contributed by atoms with Gasteiger partial charge in [-0.1, -0.05) is 29.3 Å². The lowest BCUT2D eigenvalue weighted by Gasteiger charge is -2.15. The van der Waals surface area contributed by atoms with E-state index in [0.717, 1.165) is 18.2 Å². The molecule has 0 bridgehead atoms. The van der Waals surface area contributed by atoms with Gasteiger partial charge in [0.25, 0.3) is 11.8 Å². The highest BCUT2D eigenvalue weighted by Crippen LogP contribution is 2.33. The Balaban J connectivity index is 1.71. The maximum Gasteiger partial charge on any atom is 0.417 e. The Morgan fingerprint density at radius 2 is 1.48 bits per heavy atom. The van der Waals surface area contributed by atoms with Crippen LogP contribution in [0.25, 0.3) is 0 Å². The topological polar surface area (TPSA) is 110 Å². The number of sulfonamides is 1. The third-order valence-electron chi connectivity index (χ3n) is 3.84. The highest BCUT2D eigenvalue weighted by atomic mass is 32.2. The summed E-state index contributed by atoms with van der Waals surface area (Å²) in [6.45, 7) is -1.11. The molecule has 0 atom stereocenters. The molecule has 0 fully saturated rings. The molecule has 29 heavy (non-hydrogen) atoms. The summed E-state index contributed by atoms with van der Waals surface area (Å²) in [5.74, 6) is -3.22. The zero-order chi connectivity index (χ0) is 21.4. The zero-order valence-corrected chi connectivity index (χ0v) is 15.1. The number of hydrogen-bond acceptors (Lipinski definition) is 6. The summed E-state index contributed by atoms with van der Waals surface area (Å²) in [5, 5.41) is 0.158. The average Bonchev–Trinajstić information content (AvgIpc) is 2.91. The van der Waals surface area contributed by atoms with Crippen molar-refractivity contribution in [2.45, 2.75) is 11.1 Å². The first-order chi connectivity index (χ1) is 13.5. The molecular weight excluding hydrogens is 417 g/mol. The number of halogens is 3. The molecule has 1 heterocycles. The van der Waals surface area contributed by atoms with Gasteiger partial charge in [0.15, 0.2) is 0 Å². The highest BCUT2D eigenvalue weighted by Gasteiger charge is 2.39. The molecule has 3 rings (SSSR count). The molecule has 2 aromatic rings. The van der Waals surface area contributed by atoms with E-state index in [1.54, 1.807) is 4.72 Å². The van der Waals surface area contributed by atoms with Gasteiger partial charge in [-0.2, -0.15) is 17.9 Å². The minimum Gasteiger partial charge on any atom is -0.328 e. The normalized spacial score (nSPS) is 14.1. The number of fused-ring (bicyclic) bond motifs is 1. The largest absolute Gasteiger partial charge is 0.417 e. The summed E-state index contributed by atoms with van der Waals surface area (Å²) in [5.41, 5.74) is -1.43. The van der Waals surface area contributed by atoms with Crippen molar-refractivity contribution >= 4 is 27.8 Å². The van der Waals surface area contributed by atoms with E-state index in [2.05, 4.69) is 4.84 Å². The Hall–Kier alpha value is -3.25. The summed E-state index contributed by atoms with van der Waals surface area (Å²) in [6, 6.07) is 9.04. The van der Waals surface area contributed by atoms with E-state index in [9.17, 15) is 36.0 Å². The van der Waals surface area contributed by atoms with Crippen LogP contribution in [-0.2, 0) is 25.8 Å². The minimum atomic E-state index is -4.94. The SMILES string of the molecule is O=C(CNS(=O)(=O)c1ccccc1C(F)(F)F)ON1C(=O)c2ccccc2C1=O. The Morgan fingerprint density at radius 1 is 0.966 bits per heavy atom. The van der Waals surface area contributed by atoms with Crippen LogP contribution >= 0.6 is 0 Å². The molecule has 0 aromatic heterocycles. The van der Waals surface area contributed by atoms with Crippen molar-refractivity contribution in [1.82, 2.24) is 9.79 Å². The molecule has 152 valence electrons. The second-order valence-corrected chi connectivity index (χ2v) is 7.47. The van der Waals surface area contributed by atoms with E-state index in [0.29, 0.717) is 6.07 Å². The molecule has 0 unspecified atom stereocenters. The number of imide groups is 1. The van der Waals surface area contributed by atoms with Crippen molar-refractivity contribution in [3.05, 3.63) is 65.2 Å². The van der Waals surface area contributed by atoms with Crippen molar-refractivity contribution in [1.29, 1.82) is 0 Å². The second-order valence-electron chi connectivity index (χ2n) is 5.73. The van der Waals surface area contributed by atoms with Crippen molar-refractivity contribution in [3.8, 4) is 0 Å². The van der Waals surface area contributed by atoms with Gasteiger partial charge in [-0.3, -0.25) is 9.59 Å². The molecule has 1 N–H and O–H groups in total. The molecule has 2 aromatic carbocycles. The summed E-state index contributed by atoms with van der Waals surface area (Å²) < 4.78 is 65.0. The lowest BCUT2D eigenvalue weighted by molar-refractivity contribution is -0.166. The second kappa shape index (κ2) is 7.29. The number of hydroxylamine groups is 2. The van der Waals surface area contributed by atoms with E-state index >= 15 is 0 Å². The summed E-state index contributed by atoms with van der Waals surface area (Å²) in [4.78, 5) is 39.6. The fraction of sp³-hybridized carbons (Fsp3) is 0.118. The Bertz CT molecular complexity index is 1080.